The third kappa shape index (κ3) is 5.47. The van der Waals surface area contributed by atoms with Crippen molar-refractivity contribution in [3.8, 4) is 0 Å². The van der Waals surface area contributed by atoms with Crippen LogP contribution in [0.3, 0.4) is 0 Å². The average Bonchev–Trinajstić information content (AvgIpc) is 1.61. The van der Waals surface area contributed by atoms with Gasteiger partial charge in [-0.2, -0.15) is 0 Å². The standard InChI is InChI=1S/C5H11NO/c1-5(2)7-4-6-3/h4-5H,1-3H3. The van der Waals surface area contributed by atoms with Gasteiger partial charge in [0.1, 0.15) is 0 Å². The van der Waals surface area contributed by atoms with Gasteiger partial charge in [-0.25, -0.2) is 0 Å². The van der Waals surface area contributed by atoms with Crippen molar-refractivity contribution in [1.82, 2.24) is 0 Å². The van der Waals surface area contributed by atoms with E-state index >= 15 is 0 Å². The summed E-state index contributed by atoms with van der Waals surface area (Å²) in [6.45, 7) is 3.92. The fourth-order valence-electron chi connectivity index (χ4n) is 0.183. The lowest BCUT2D eigenvalue weighted by Gasteiger charge is -1.99. The Morgan fingerprint density at radius 2 is 2.14 bits per heavy atom. The van der Waals surface area contributed by atoms with Crippen LogP contribution in [0.1, 0.15) is 13.8 Å². The lowest BCUT2D eigenvalue weighted by atomic mass is 10.5. The summed E-state index contributed by atoms with van der Waals surface area (Å²) in [6.07, 6.45) is 1.70. The first-order valence-electron chi connectivity index (χ1n) is 2.33. The maximum absolute atomic E-state index is 4.90. The Bertz CT molecular complexity index is 59.1. The molecule has 0 N–H and O–H groups in total. The van der Waals surface area contributed by atoms with E-state index < -0.39 is 0 Å². The van der Waals surface area contributed by atoms with E-state index in [-0.39, 0.29) is 6.10 Å². The van der Waals surface area contributed by atoms with E-state index in [9.17, 15) is 0 Å². The van der Waals surface area contributed by atoms with Crippen molar-refractivity contribution in [1.29, 1.82) is 0 Å². The number of rotatable bonds is 2. The highest BCUT2D eigenvalue weighted by atomic mass is 16.5. The van der Waals surface area contributed by atoms with Gasteiger partial charge in [-0.3, -0.25) is 4.99 Å². The van der Waals surface area contributed by atoms with Crippen LogP contribution < -0.4 is 0 Å². The molecule has 0 rings (SSSR count). The molecule has 2 nitrogen and oxygen atoms in total. The number of aliphatic imine (C=N–C) groups is 1. The SMILES string of the molecule is CN=COC(C)C. The number of ether oxygens (including phenoxy) is 1. The summed E-state index contributed by atoms with van der Waals surface area (Å²) in [5, 5.41) is 0. The number of nitrogens with zero attached hydrogens (tertiary/aromatic N) is 1. The van der Waals surface area contributed by atoms with Crippen molar-refractivity contribution in [2.24, 2.45) is 4.99 Å². The van der Waals surface area contributed by atoms with Gasteiger partial charge in [0.25, 0.3) is 0 Å². The zero-order chi connectivity index (χ0) is 5.70. The predicted molar refractivity (Wildman–Crippen MR) is 30.6 cm³/mol. The highest BCUT2D eigenvalue weighted by Gasteiger charge is 1.82. The van der Waals surface area contributed by atoms with E-state index in [1.54, 1.807) is 7.05 Å². The Morgan fingerprint density at radius 1 is 1.57 bits per heavy atom. The Balaban J connectivity index is 2.97. The minimum absolute atomic E-state index is 0.253. The molecule has 2 heteroatoms. The molecular formula is C5H11NO. The highest BCUT2D eigenvalue weighted by molar-refractivity contribution is 5.45. The van der Waals surface area contributed by atoms with Crippen molar-refractivity contribution in [3.05, 3.63) is 0 Å². The number of hydrogen-bond donors (Lipinski definition) is 0. The molecule has 0 aliphatic rings. The maximum Gasteiger partial charge on any atom is 0.169 e. The lowest BCUT2D eigenvalue weighted by molar-refractivity contribution is 0.241. The van der Waals surface area contributed by atoms with Crippen molar-refractivity contribution >= 4 is 6.40 Å². The molecular weight excluding hydrogens is 90.1 g/mol. The van der Waals surface area contributed by atoms with Gasteiger partial charge in [0.05, 0.1) is 6.10 Å². The van der Waals surface area contributed by atoms with E-state index in [2.05, 4.69) is 4.99 Å². The molecule has 0 bridgehead atoms. The molecule has 0 aromatic carbocycles. The molecule has 0 spiro atoms. The fraction of sp³-hybridized carbons (Fsp3) is 0.800. The molecule has 0 amide bonds. The Kier molecular flexibility index (Phi) is 3.38. The van der Waals surface area contributed by atoms with Crippen LogP contribution >= 0.6 is 0 Å². The zero-order valence-electron chi connectivity index (χ0n) is 5.01. The van der Waals surface area contributed by atoms with Gasteiger partial charge in [-0.15, -0.1) is 0 Å². The van der Waals surface area contributed by atoms with Crippen molar-refractivity contribution in [2.45, 2.75) is 20.0 Å². The van der Waals surface area contributed by atoms with Crippen molar-refractivity contribution in [3.63, 3.8) is 0 Å². The molecule has 0 radical (unpaired) electrons. The van der Waals surface area contributed by atoms with Crippen molar-refractivity contribution in [2.75, 3.05) is 7.05 Å². The van der Waals surface area contributed by atoms with Gasteiger partial charge in [-0.1, -0.05) is 0 Å². The van der Waals surface area contributed by atoms with Crippen LogP contribution in [0.4, 0.5) is 0 Å². The van der Waals surface area contributed by atoms with Gasteiger partial charge in [0, 0.05) is 7.05 Å². The Hall–Kier alpha value is -0.530. The summed E-state index contributed by atoms with van der Waals surface area (Å²) in [6, 6.07) is 0. The normalized spacial score (nSPS) is 10.9. The van der Waals surface area contributed by atoms with Crippen LogP contribution in [0.25, 0.3) is 0 Å². The summed E-state index contributed by atoms with van der Waals surface area (Å²) < 4.78 is 4.90. The van der Waals surface area contributed by atoms with Gasteiger partial charge in [0.2, 0.25) is 0 Å². The van der Waals surface area contributed by atoms with Crippen LogP contribution in [0.5, 0.6) is 0 Å². The summed E-state index contributed by atoms with van der Waals surface area (Å²) >= 11 is 0. The minimum atomic E-state index is 0.253. The van der Waals surface area contributed by atoms with Crippen LogP contribution in [-0.4, -0.2) is 19.6 Å². The molecule has 0 aliphatic heterocycles. The summed E-state index contributed by atoms with van der Waals surface area (Å²) in [4.78, 5) is 3.63. The van der Waals surface area contributed by atoms with Gasteiger partial charge < -0.3 is 4.74 Å². The third-order valence-corrected chi connectivity index (χ3v) is 0.438. The molecule has 0 aromatic heterocycles. The molecule has 0 saturated heterocycles. The molecule has 0 aromatic rings. The first-order valence-corrected chi connectivity index (χ1v) is 2.33. The molecule has 0 aliphatic carbocycles. The summed E-state index contributed by atoms with van der Waals surface area (Å²) in [5.41, 5.74) is 0. The predicted octanol–water partition coefficient (Wildman–Crippen LogP) is 1.07. The summed E-state index contributed by atoms with van der Waals surface area (Å²) in [7, 11) is 1.68. The molecule has 7 heavy (non-hydrogen) atoms. The van der Waals surface area contributed by atoms with Crippen LogP contribution in [-0.2, 0) is 4.74 Å². The van der Waals surface area contributed by atoms with Gasteiger partial charge in [0.15, 0.2) is 6.40 Å². The lowest BCUT2D eigenvalue weighted by Crippen LogP contribution is -1.98. The largest absolute Gasteiger partial charge is 0.481 e. The smallest absolute Gasteiger partial charge is 0.169 e. The maximum atomic E-state index is 4.90. The van der Waals surface area contributed by atoms with Crippen molar-refractivity contribution < 1.29 is 4.74 Å². The zero-order valence-corrected chi connectivity index (χ0v) is 5.01. The van der Waals surface area contributed by atoms with E-state index in [0.29, 0.717) is 0 Å². The first kappa shape index (κ1) is 6.47. The first-order chi connectivity index (χ1) is 3.27. The molecule has 0 fully saturated rings. The van der Waals surface area contributed by atoms with E-state index in [1.165, 1.54) is 6.40 Å². The second kappa shape index (κ2) is 3.65. The second-order valence-electron chi connectivity index (χ2n) is 1.55. The molecule has 0 saturated carbocycles. The van der Waals surface area contributed by atoms with E-state index in [0.717, 1.165) is 0 Å². The third-order valence-electron chi connectivity index (χ3n) is 0.438. The van der Waals surface area contributed by atoms with Crippen LogP contribution in [0.2, 0.25) is 0 Å². The fourth-order valence-corrected chi connectivity index (χ4v) is 0.183. The Labute approximate surface area is 44.2 Å². The van der Waals surface area contributed by atoms with E-state index in [4.69, 9.17) is 4.74 Å². The molecule has 0 atom stereocenters. The van der Waals surface area contributed by atoms with E-state index in [1.807, 2.05) is 13.8 Å². The Morgan fingerprint density at radius 3 is 2.29 bits per heavy atom. The second-order valence-corrected chi connectivity index (χ2v) is 1.55. The van der Waals surface area contributed by atoms with Gasteiger partial charge in [-0.05, 0) is 13.8 Å². The molecule has 0 heterocycles. The van der Waals surface area contributed by atoms with Crippen LogP contribution in [0, 0.1) is 0 Å². The highest BCUT2D eigenvalue weighted by Crippen LogP contribution is 1.80. The number of hydrogen-bond acceptors (Lipinski definition) is 2. The average molecular weight is 101 g/mol. The van der Waals surface area contributed by atoms with Crippen LogP contribution in [0.15, 0.2) is 4.99 Å². The topological polar surface area (TPSA) is 21.6 Å². The van der Waals surface area contributed by atoms with Gasteiger partial charge >= 0.3 is 0 Å². The molecule has 0 unspecified atom stereocenters. The summed E-state index contributed by atoms with van der Waals surface area (Å²) in [5.74, 6) is 0. The quantitative estimate of drug-likeness (QED) is 0.376. The molecule has 42 valence electrons. The monoisotopic (exact) mass is 101 g/mol. The minimum Gasteiger partial charge on any atom is -0.481 e.